The molecule has 1 fully saturated rings. The quantitative estimate of drug-likeness (QED) is 0.809. The molecule has 76 valence electrons. The third-order valence-electron chi connectivity index (χ3n) is 2.79. The highest BCUT2D eigenvalue weighted by molar-refractivity contribution is 5.57. The second-order valence-electron chi connectivity index (χ2n) is 4.06. The molecule has 0 aliphatic heterocycles. The first-order valence-corrected chi connectivity index (χ1v) is 5.08. The van der Waals surface area contributed by atoms with Gasteiger partial charge in [-0.05, 0) is 12.8 Å². The van der Waals surface area contributed by atoms with Crippen LogP contribution in [-0.4, -0.2) is 4.98 Å². The number of hydrogen-bond acceptors (Lipinski definition) is 3. The summed E-state index contributed by atoms with van der Waals surface area (Å²) in [6.07, 6.45) is 3.63. The van der Waals surface area contributed by atoms with Crippen molar-refractivity contribution in [3.63, 3.8) is 0 Å². The van der Waals surface area contributed by atoms with Crippen molar-refractivity contribution in [2.75, 3.05) is 0 Å². The highest BCUT2D eigenvalue weighted by atomic mass is 16.3. The van der Waals surface area contributed by atoms with Gasteiger partial charge in [-0.3, -0.25) is 0 Å². The molecule has 0 bridgehead atoms. The largest absolute Gasteiger partial charge is 0.446 e. The molecule has 3 nitrogen and oxygen atoms in total. The minimum Gasteiger partial charge on any atom is -0.446 e. The smallest absolute Gasteiger partial charge is 0.214 e. The molecule has 0 amide bonds. The van der Waals surface area contributed by atoms with Crippen LogP contribution in [0.4, 0.5) is 0 Å². The summed E-state index contributed by atoms with van der Waals surface area (Å²) in [6.45, 7) is 0. The van der Waals surface area contributed by atoms with Crippen molar-refractivity contribution in [3.05, 3.63) is 42.5 Å². The van der Waals surface area contributed by atoms with Gasteiger partial charge in [0.05, 0.1) is 5.54 Å². The first-order chi connectivity index (χ1) is 7.28. The summed E-state index contributed by atoms with van der Waals surface area (Å²) < 4.78 is 5.41. The number of nitrogens with zero attached hydrogens (tertiary/aromatic N) is 1. The van der Waals surface area contributed by atoms with Gasteiger partial charge in [-0.2, -0.15) is 0 Å². The van der Waals surface area contributed by atoms with Gasteiger partial charge < -0.3 is 10.2 Å². The Labute approximate surface area is 87.9 Å². The first kappa shape index (κ1) is 8.68. The summed E-state index contributed by atoms with van der Waals surface area (Å²) >= 11 is 0. The fourth-order valence-electron chi connectivity index (χ4n) is 1.59. The Balaban J connectivity index is 1.97. The third-order valence-corrected chi connectivity index (χ3v) is 2.79. The van der Waals surface area contributed by atoms with Gasteiger partial charge in [-0.15, -0.1) is 0 Å². The number of nitrogens with two attached hydrogens (primary N) is 1. The Morgan fingerprint density at radius 2 is 1.93 bits per heavy atom. The highest BCUT2D eigenvalue weighted by Crippen LogP contribution is 2.42. The molecule has 15 heavy (non-hydrogen) atoms. The number of aromatic nitrogens is 1. The van der Waals surface area contributed by atoms with E-state index >= 15 is 0 Å². The van der Waals surface area contributed by atoms with Crippen LogP contribution in [0.25, 0.3) is 11.3 Å². The van der Waals surface area contributed by atoms with Crippen LogP contribution in [0.1, 0.15) is 18.7 Å². The van der Waals surface area contributed by atoms with Crippen molar-refractivity contribution in [1.82, 2.24) is 4.98 Å². The highest BCUT2D eigenvalue weighted by Gasteiger charge is 2.44. The second-order valence-corrected chi connectivity index (χ2v) is 4.06. The molecule has 0 radical (unpaired) electrons. The summed E-state index contributed by atoms with van der Waals surface area (Å²) in [5, 5.41) is 0. The molecule has 1 saturated carbocycles. The average molecular weight is 200 g/mol. The molecule has 3 heteroatoms. The van der Waals surface area contributed by atoms with Crippen molar-refractivity contribution in [2.45, 2.75) is 18.4 Å². The van der Waals surface area contributed by atoms with Gasteiger partial charge in [0.25, 0.3) is 0 Å². The Hall–Kier alpha value is -1.61. The molecule has 1 aliphatic rings. The molecule has 1 heterocycles. The van der Waals surface area contributed by atoms with Crippen LogP contribution in [0.3, 0.4) is 0 Å². The fraction of sp³-hybridized carbons (Fsp3) is 0.250. The van der Waals surface area contributed by atoms with Gasteiger partial charge >= 0.3 is 0 Å². The van der Waals surface area contributed by atoms with E-state index in [1.54, 1.807) is 6.26 Å². The summed E-state index contributed by atoms with van der Waals surface area (Å²) in [4.78, 5) is 4.42. The maximum absolute atomic E-state index is 6.00. The zero-order chi connectivity index (χ0) is 10.3. The van der Waals surface area contributed by atoms with Crippen molar-refractivity contribution in [2.24, 2.45) is 5.73 Å². The van der Waals surface area contributed by atoms with Crippen molar-refractivity contribution in [1.29, 1.82) is 0 Å². The summed E-state index contributed by atoms with van der Waals surface area (Å²) in [7, 11) is 0. The maximum Gasteiger partial charge on any atom is 0.214 e. The predicted molar refractivity (Wildman–Crippen MR) is 57.0 cm³/mol. The van der Waals surface area contributed by atoms with E-state index in [9.17, 15) is 0 Å². The second kappa shape index (κ2) is 2.94. The Bertz CT molecular complexity index is 471. The van der Waals surface area contributed by atoms with Crippen LogP contribution in [0.15, 0.2) is 41.0 Å². The molecule has 0 atom stereocenters. The molecule has 0 unspecified atom stereocenters. The van der Waals surface area contributed by atoms with Gasteiger partial charge in [0.2, 0.25) is 5.89 Å². The van der Waals surface area contributed by atoms with Crippen LogP contribution >= 0.6 is 0 Å². The minimum atomic E-state index is -0.285. The normalized spacial score (nSPS) is 17.7. The summed E-state index contributed by atoms with van der Waals surface area (Å²) in [5.41, 5.74) is 7.65. The predicted octanol–water partition coefficient (Wildman–Crippen LogP) is 2.29. The number of hydrogen-bond donors (Lipinski definition) is 1. The standard InChI is InChI=1S/C12H12N2O/c13-12(6-7-12)11-14-10(8-15-11)9-4-2-1-3-5-9/h1-5,8H,6-7,13H2. The molecular weight excluding hydrogens is 188 g/mol. The Morgan fingerprint density at radius 1 is 1.20 bits per heavy atom. The monoisotopic (exact) mass is 200 g/mol. The number of benzene rings is 1. The molecule has 1 aromatic carbocycles. The van der Waals surface area contributed by atoms with Gasteiger partial charge in [-0.25, -0.2) is 4.98 Å². The van der Waals surface area contributed by atoms with Crippen LogP contribution in [0.5, 0.6) is 0 Å². The average Bonchev–Trinajstić information content (AvgIpc) is 2.85. The maximum atomic E-state index is 6.00. The van der Waals surface area contributed by atoms with E-state index < -0.39 is 0 Å². The van der Waals surface area contributed by atoms with Crippen LogP contribution in [0.2, 0.25) is 0 Å². The van der Waals surface area contributed by atoms with Crippen LogP contribution < -0.4 is 5.73 Å². The Kier molecular flexibility index (Phi) is 1.70. The lowest BCUT2D eigenvalue weighted by Gasteiger charge is -1.99. The van der Waals surface area contributed by atoms with Crippen molar-refractivity contribution in [3.8, 4) is 11.3 Å². The van der Waals surface area contributed by atoms with E-state index in [0.717, 1.165) is 24.1 Å². The lowest BCUT2D eigenvalue weighted by Crippen LogP contribution is -2.18. The summed E-state index contributed by atoms with van der Waals surface area (Å²) in [5.74, 6) is 0.668. The Morgan fingerprint density at radius 3 is 2.60 bits per heavy atom. The molecule has 0 saturated heterocycles. The first-order valence-electron chi connectivity index (χ1n) is 5.08. The molecule has 2 N–H and O–H groups in total. The zero-order valence-corrected chi connectivity index (χ0v) is 8.31. The zero-order valence-electron chi connectivity index (χ0n) is 8.31. The van der Waals surface area contributed by atoms with Gasteiger partial charge in [0.15, 0.2) is 0 Å². The molecule has 0 spiro atoms. The van der Waals surface area contributed by atoms with E-state index in [-0.39, 0.29) is 5.54 Å². The van der Waals surface area contributed by atoms with Gasteiger partial charge in [-0.1, -0.05) is 30.3 Å². The lowest BCUT2D eigenvalue weighted by molar-refractivity contribution is 0.440. The van der Waals surface area contributed by atoms with E-state index in [1.807, 2.05) is 30.3 Å². The molecular formula is C12H12N2O. The lowest BCUT2D eigenvalue weighted by atomic mass is 10.2. The topological polar surface area (TPSA) is 52.0 Å². The molecule has 1 aliphatic carbocycles. The third kappa shape index (κ3) is 1.45. The van der Waals surface area contributed by atoms with Gasteiger partial charge in [0, 0.05) is 5.56 Å². The SMILES string of the molecule is NC1(c2nc(-c3ccccc3)co2)CC1. The molecule has 3 rings (SSSR count). The molecule has 1 aromatic heterocycles. The fourth-order valence-corrected chi connectivity index (χ4v) is 1.59. The number of oxazole rings is 1. The van der Waals surface area contributed by atoms with Crippen molar-refractivity contribution >= 4 is 0 Å². The van der Waals surface area contributed by atoms with E-state index in [1.165, 1.54) is 0 Å². The van der Waals surface area contributed by atoms with Gasteiger partial charge in [0.1, 0.15) is 12.0 Å². The van der Waals surface area contributed by atoms with E-state index in [2.05, 4.69) is 4.98 Å². The van der Waals surface area contributed by atoms with E-state index in [0.29, 0.717) is 5.89 Å². The minimum absolute atomic E-state index is 0.285. The van der Waals surface area contributed by atoms with Crippen molar-refractivity contribution < 1.29 is 4.42 Å². The van der Waals surface area contributed by atoms with E-state index in [4.69, 9.17) is 10.2 Å². The molecule has 2 aromatic rings. The van der Waals surface area contributed by atoms with Crippen LogP contribution in [0, 0.1) is 0 Å². The number of rotatable bonds is 2. The van der Waals surface area contributed by atoms with Crippen LogP contribution in [-0.2, 0) is 5.54 Å². The summed E-state index contributed by atoms with van der Waals surface area (Å²) in [6, 6.07) is 9.98.